The van der Waals surface area contributed by atoms with E-state index in [0.29, 0.717) is 24.8 Å². The summed E-state index contributed by atoms with van der Waals surface area (Å²) in [6, 6.07) is -0.696. The van der Waals surface area contributed by atoms with Gasteiger partial charge in [0.05, 0.1) is 12.5 Å². The number of benzene rings is 1. The Bertz CT molecular complexity index is 1710. The number of carbonyl (C=O) groups is 8. The lowest BCUT2D eigenvalue weighted by molar-refractivity contribution is -0.143. The quantitative estimate of drug-likeness (QED) is 0.0537. The summed E-state index contributed by atoms with van der Waals surface area (Å²) in [6.45, 7) is 7.47. The first-order valence-corrected chi connectivity index (χ1v) is 19.1. The van der Waals surface area contributed by atoms with Gasteiger partial charge in [-0.3, -0.25) is 33.6 Å². The highest BCUT2D eigenvalue weighted by atomic mass is 16.4. The number of amides is 6. The molecule has 7 unspecified atom stereocenters. The number of aromatic nitrogens is 1. The molecule has 19 nitrogen and oxygen atoms in total. The van der Waals surface area contributed by atoms with Gasteiger partial charge in [0.25, 0.3) is 0 Å². The van der Waals surface area contributed by atoms with Crippen LogP contribution in [-0.4, -0.2) is 105 Å². The molecule has 0 spiro atoms. The Morgan fingerprint density at radius 2 is 1.28 bits per heavy atom. The van der Waals surface area contributed by atoms with E-state index in [2.05, 4.69) is 31.6 Å². The molecule has 0 saturated carbocycles. The minimum atomic E-state index is -1.65. The van der Waals surface area contributed by atoms with Gasteiger partial charge in [-0.2, -0.15) is 0 Å². The summed E-state index contributed by atoms with van der Waals surface area (Å²) >= 11 is 0. The average Bonchev–Trinajstić information content (AvgIpc) is 3.56. The standard InChI is InChI=1S/C38H59N9O10/c1-5-21(4)32(41)37(55)44-26(13-14-31(49)50)34(52)46-28(17-22-19-42-24-11-7-6-10-23(22)24)36(54)45-27(16-20(2)3)35(53)43-25(12-8-9-15-39)33(51)47-29(38(56)57)18-30(40)48/h6-7,10-11,19-21,25-29,32,42H,5,8-9,12-18,39,41H2,1-4H3,(H2,40,48)(H,43,53)(H,44,55)(H,45,54)(H,46,52)(H,47,51)(H,49,50)(H,56,57). The molecule has 0 aliphatic carbocycles. The van der Waals surface area contributed by atoms with Crippen LogP contribution in [0.25, 0.3) is 10.9 Å². The lowest BCUT2D eigenvalue weighted by Crippen LogP contribution is -2.60. The highest BCUT2D eigenvalue weighted by molar-refractivity contribution is 5.97. The number of nitrogens with two attached hydrogens (primary N) is 3. The van der Waals surface area contributed by atoms with Crippen LogP contribution in [0.4, 0.5) is 0 Å². The van der Waals surface area contributed by atoms with E-state index in [4.69, 9.17) is 17.2 Å². The predicted octanol–water partition coefficient (Wildman–Crippen LogP) is -0.492. The minimum absolute atomic E-state index is 0.0451. The Hall–Kier alpha value is -5.56. The van der Waals surface area contributed by atoms with E-state index in [1.165, 1.54) is 0 Å². The van der Waals surface area contributed by atoms with Crippen molar-refractivity contribution in [3.8, 4) is 0 Å². The van der Waals surface area contributed by atoms with Crippen LogP contribution >= 0.6 is 0 Å². The van der Waals surface area contributed by atoms with Crippen LogP contribution in [0.1, 0.15) is 84.6 Å². The Labute approximate surface area is 331 Å². The number of H-pyrrole nitrogens is 1. The molecule has 1 aromatic heterocycles. The second kappa shape index (κ2) is 23.5. The molecule has 2 rings (SSSR count). The van der Waals surface area contributed by atoms with E-state index in [-0.39, 0.29) is 44.1 Å². The largest absolute Gasteiger partial charge is 0.481 e. The van der Waals surface area contributed by atoms with E-state index in [0.717, 1.165) is 10.9 Å². The van der Waals surface area contributed by atoms with Gasteiger partial charge in [0.1, 0.15) is 30.2 Å². The smallest absolute Gasteiger partial charge is 0.326 e. The molecule has 1 heterocycles. The van der Waals surface area contributed by atoms with Crippen LogP contribution < -0.4 is 43.8 Å². The van der Waals surface area contributed by atoms with Crippen LogP contribution in [0.5, 0.6) is 0 Å². The zero-order valence-electron chi connectivity index (χ0n) is 33.0. The number of carbonyl (C=O) groups excluding carboxylic acids is 6. The Morgan fingerprint density at radius 1 is 0.737 bits per heavy atom. The lowest BCUT2D eigenvalue weighted by atomic mass is 9.98. The molecular formula is C38H59N9O10. The first-order chi connectivity index (χ1) is 26.9. The van der Waals surface area contributed by atoms with Gasteiger partial charge >= 0.3 is 11.9 Å². The molecule has 57 heavy (non-hydrogen) atoms. The van der Waals surface area contributed by atoms with Crippen LogP contribution in [-0.2, 0) is 44.8 Å². The third-order valence-corrected chi connectivity index (χ3v) is 9.51. The second-order valence-corrected chi connectivity index (χ2v) is 14.6. The fourth-order valence-corrected chi connectivity index (χ4v) is 6.00. The van der Waals surface area contributed by atoms with Crippen molar-refractivity contribution in [1.82, 2.24) is 31.6 Å². The molecule has 0 aliphatic heterocycles. The highest BCUT2D eigenvalue weighted by Crippen LogP contribution is 2.20. The molecule has 6 amide bonds. The first kappa shape index (κ1) is 47.6. The zero-order valence-corrected chi connectivity index (χ0v) is 33.0. The summed E-state index contributed by atoms with van der Waals surface area (Å²) < 4.78 is 0. The maximum atomic E-state index is 14.2. The molecule has 7 atom stereocenters. The fourth-order valence-electron chi connectivity index (χ4n) is 6.00. The van der Waals surface area contributed by atoms with Crippen molar-refractivity contribution in [2.75, 3.05) is 6.54 Å². The van der Waals surface area contributed by atoms with Crippen molar-refractivity contribution in [1.29, 1.82) is 0 Å². The van der Waals surface area contributed by atoms with Crippen LogP contribution in [0.15, 0.2) is 30.5 Å². The SMILES string of the molecule is CCC(C)C(N)C(=O)NC(CCC(=O)O)C(=O)NC(Cc1c[nH]c2ccccc12)C(=O)NC(CC(C)C)C(=O)NC(CCCCN)C(=O)NC(CC(N)=O)C(=O)O. The van der Waals surface area contributed by atoms with Gasteiger partial charge in [-0.25, -0.2) is 4.79 Å². The van der Waals surface area contributed by atoms with Gasteiger partial charge in [-0.1, -0.05) is 52.3 Å². The van der Waals surface area contributed by atoms with E-state index in [9.17, 15) is 48.6 Å². The molecular weight excluding hydrogens is 742 g/mol. The molecule has 0 saturated heterocycles. The number of hydrogen-bond donors (Lipinski definition) is 11. The monoisotopic (exact) mass is 801 g/mol. The van der Waals surface area contributed by atoms with Crippen molar-refractivity contribution in [2.24, 2.45) is 29.0 Å². The van der Waals surface area contributed by atoms with Crippen molar-refractivity contribution >= 4 is 58.3 Å². The van der Waals surface area contributed by atoms with Crippen LogP contribution in [0.2, 0.25) is 0 Å². The topological polar surface area (TPSA) is 331 Å². The van der Waals surface area contributed by atoms with Crippen LogP contribution in [0, 0.1) is 11.8 Å². The lowest BCUT2D eigenvalue weighted by Gasteiger charge is -2.28. The summed E-state index contributed by atoms with van der Waals surface area (Å²) in [5.41, 5.74) is 18.2. The molecule has 0 fully saturated rings. The number of rotatable bonds is 26. The van der Waals surface area contributed by atoms with E-state index >= 15 is 0 Å². The highest BCUT2D eigenvalue weighted by Gasteiger charge is 2.34. The van der Waals surface area contributed by atoms with Gasteiger partial charge in [0, 0.05) is 29.9 Å². The first-order valence-electron chi connectivity index (χ1n) is 19.1. The van der Waals surface area contributed by atoms with E-state index in [1.807, 2.05) is 25.1 Å². The number of aliphatic carboxylic acids is 2. The van der Waals surface area contributed by atoms with Gasteiger partial charge in [0.15, 0.2) is 0 Å². The molecule has 316 valence electrons. The summed E-state index contributed by atoms with van der Waals surface area (Å²) in [4.78, 5) is 106. The molecule has 0 aliphatic rings. The Kier molecular flexibility index (Phi) is 19.6. The number of hydrogen-bond acceptors (Lipinski definition) is 10. The maximum Gasteiger partial charge on any atom is 0.326 e. The second-order valence-electron chi connectivity index (χ2n) is 14.6. The average molecular weight is 802 g/mol. The molecule has 14 N–H and O–H groups in total. The Balaban J connectivity index is 2.47. The van der Waals surface area contributed by atoms with Crippen molar-refractivity contribution in [3.63, 3.8) is 0 Å². The number of fused-ring (bicyclic) bond motifs is 1. The van der Waals surface area contributed by atoms with E-state index < -0.39 is 96.5 Å². The molecule has 1 aromatic carbocycles. The number of aromatic amines is 1. The number of unbranched alkanes of at least 4 members (excludes halogenated alkanes) is 1. The number of carboxylic acids is 2. The zero-order chi connectivity index (χ0) is 42.8. The molecule has 2 aromatic rings. The molecule has 19 heteroatoms. The third-order valence-electron chi connectivity index (χ3n) is 9.51. The van der Waals surface area contributed by atoms with Gasteiger partial charge in [0.2, 0.25) is 35.4 Å². The molecule has 0 radical (unpaired) electrons. The minimum Gasteiger partial charge on any atom is -0.481 e. The van der Waals surface area contributed by atoms with E-state index in [1.54, 1.807) is 33.0 Å². The van der Waals surface area contributed by atoms with Crippen molar-refractivity contribution < 1.29 is 48.6 Å². The summed E-state index contributed by atoms with van der Waals surface area (Å²) in [7, 11) is 0. The molecule has 0 bridgehead atoms. The van der Waals surface area contributed by atoms with Gasteiger partial charge < -0.3 is 59.0 Å². The Morgan fingerprint density at radius 3 is 1.86 bits per heavy atom. The van der Waals surface area contributed by atoms with Crippen LogP contribution in [0.3, 0.4) is 0 Å². The third kappa shape index (κ3) is 15.8. The summed E-state index contributed by atoms with van der Waals surface area (Å²) in [5, 5.41) is 32.4. The van der Waals surface area contributed by atoms with Crippen molar-refractivity contribution in [3.05, 3.63) is 36.0 Å². The predicted molar refractivity (Wildman–Crippen MR) is 210 cm³/mol. The van der Waals surface area contributed by atoms with Crippen molar-refractivity contribution in [2.45, 2.75) is 122 Å². The normalized spacial score (nSPS) is 14.9. The van der Waals surface area contributed by atoms with Gasteiger partial charge in [-0.15, -0.1) is 0 Å². The number of para-hydroxylation sites is 1. The summed E-state index contributed by atoms with van der Waals surface area (Å²) in [6.07, 6.45) is 1.61. The summed E-state index contributed by atoms with van der Waals surface area (Å²) in [5.74, 6) is -8.12. The number of nitrogens with one attached hydrogen (secondary N) is 6. The maximum absolute atomic E-state index is 14.2. The number of primary amides is 1. The number of carboxylic acid groups (broad SMARTS) is 2. The fraction of sp³-hybridized carbons (Fsp3) is 0.579. The van der Waals surface area contributed by atoms with Gasteiger partial charge in [-0.05, 0) is 62.1 Å².